The average molecular weight is 387 g/mol. The summed E-state index contributed by atoms with van der Waals surface area (Å²) < 4.78 is 39.8. The van der Waals surface area contributed by atoms with E-state index in [1.54, 1.807) is 12.1 Å². The van der Waals surface area contributed by atoms with Crippen LogP contribution in [0.15, 0.2) is 18.2 Å². The number of ether oxygens (including phenoxy) is 3. The van der Waals surface area contributed by atoms with Crippen LogP contribution in [0.1, 0.15) is 19.4 Å². The van der Waals surface area contributed by atoms with Crippen LogP contribution in [0, 0.1) is 0 Å². The smallest absolute Gasteiger partial charge is 0.387 e. The fourth-order valence-electron chi connectivity index (χ4n) is 3.05. The van der Waals surface area contributed by atoms with Crippen molar-refractivity contribution in [3.05, 3.63) is 23.8 Å². The molecule has 0 spiro atoms. The Kier molecular flexibility index (Phi) is 8.05. The predicted molar refractivity (Wildman–Crippen MR) is 96.3 cm³/mol. The molecule has 152 valence electrons. The maximum Gasteiger partial charge on any atom is 0.387 e. The minimum Gasteiger partial charge on any atom is -0.493 e. The summed E-state index contributed by atoms with van der Waals surface area (Å²) in [7, 11) is 1.37. The Morgan fingerprint density at radius 1 is 1.26 bits per heavy atom. The highest BCUT2D eigenvalue weighted by Crippen LogP contribution is 2.29. The number of benzene rings is 1. The van der Waals surface area contributed by atoms with E-state index in [0.717, 1.165) is 19.6 Å². The van der Waals surface area contributed by atoms with Crippen molar-refractivity contribution in [2.75, 3.05) is 33.3 Å². The fourth-order valence-corrected chi connectivity index (χ4v) is 3.05. The van der Waals surface area contributed by atoms with Gasteiger partial charge in [-0.3, -0.25) is 4.90 Å². The number of rotatable bonds is 8. The first-order valence-electron chi connectivity index (χ1n) is 8.88. The number of hydrogen-bond donors (Lipinski definition) is 2. The number of amides is 2. The molecular weight excluding hydrogens is 360 g/mol. The summed E-state index contributed by atoms with van der Waals surface area (Å²) >= 11 is 0. The number of urea groups is 1. The lowest BCUT2D eigenvalue weighted by Crippen LogP contribution is -2.48. The zero-order chi connectivity index (χ0) is 19.8. The molecule has 0 radical (unpaired) electrons. The Balaban J connectivity index is 1.73. The summed E-state index contributed by atoms with van der Waals surface area (Å²) in [5.41, 5.74) is 0.708. The molecule has 1 aliphatic heterocycles. The van der Waals surface area contributed by atoms with Gasteiger partial charge >= 0.3 is 12.6 Å². The second-order valence-electron chi connectivity index (χ2n) is 6.49. The SMILES string of the molecule is COc1cc(CNC(=O)NCCN2CC(C)OC(C)C2)ccc1OC(F)F. The number of halogens is 2. The lowest BCUT2D eigenvalue weighted by molar-refractivity contribution is -0.0672. The van der Waals surface area contributed by atoms with Crippen LogP contribution < -0.4 is 20.1 Å². The van der Waals surface area contributed by atoms with Crippen molar-refractivity contribution in [2.45, 2.75) is 39.2 Å². The summed E-state index contributed by atoms with van der Waals surface area (Å²) in [4.78, 5) is 14.2. The number of hydrogen-bond acceptors (Lipinski definition) is 5. The second kappa shape index (κ2) is 10.3. The van der Waals surface area contributed by atoms with E-state index in [9.17, 15) is 13.6 Å². The van der Waals surface area contributed by atoms with Gasteiger partial charge in [0.05, 0.1) is 19.3 Å². The van der Waals surface area contributed by atoms with Gasteiger partial charge in [0.2, 0.25) is 0 Å². The number of methoxy groups -OCH3 is 1. The summed E-state index contributed by atoms with van der Waals surface area (Å²) in [6.45, 7) is 4.35. The Bertz CT molecular complexity index is 608. The van der Waals surface area contributed by atoms with Gasteiger partial charge in [-0.2, -0.15) is 8.78 Å². The standard InChI is InChI=1S/C18H27F2N3O4/c1-12-10-23(11-13(2)26-12)7-6-21-18(24)22-9-14-4-5-15(27-17(19)20)16(8-14)25-3/h4-5,8,12-13,17H,6-7,9-11H2,1-3H3,(H2,21,22,24). The topological polar surface area (TPSA) is 72.1 Å². The number of carbonyl (C=O) groups is 1. The fraction of sp³-hybridized carbons (Fsp3) is 0.611. The third-order valence-corrected chi connectivity index (χ3v) is 4.11. The molecule has 2 rings (SSSR count). The normalized spacial score (nSPS) is 20.4. The molecule has 2 atom stereocenters. The lowest BCUT2D eigenvalue weighted by atomic mass is 10.2. The molecule has 2 amide bonds. The maximum atomic E-state index is 12.3. The van der Waals surface area contributed by atoms with E-state index < -0.39 is 6.61 Å². The van der Waals surface area contributed by atoms with Gasteiger partial charge in [-0.25, -0.2) is 4.79 Å². The molecule has 1 aliphatic rings. The van der Waals surface area contributed by atoms with Gasteiger partial charge in [0.15, 0.2) is 11.5 Å². The Morgan fingerprint density at radius 2 is 1.96 bits per heavy atom. The largest absolute Gasteiger partial charge is 0.493 e. The van der Waals surface area contributed by atoms with E-state index in [1.807, 2.05) is 13.8 Å². The van der Waals surface area contributed by atoms with Crippen LogP contribution in [0.2, 0.25) is 0 Å². The maximum absolute atomic E-state index is 12.3. The molecule has 9 heteroatoms. The van der Waals surface area contributed by atoms with Crippen molar-refractivity contribution in [3.63, 3.8) is 0 Å². The van der Waals surface area contributed by atoms with Crippen molar-refractivity contribution >= 4 is 6.03 Å². The van der Waals surface area contributed by atoms with Crippen molar-refractivity contribution in [2.24, 2.45) is 0 Å². The quantitative estimate of drug-likeness (QED) is 0.716. The monoisotopic (exact) mass is 387 g/mol. The molecule has 27 heavy (non-hydrogen) atoms. The van der Waals surface area contributed by atoms with E-state index in [2.05, 4.69) is 20.3 Å². The van der Waals surface area contributed by atoms with Gasteiger partial charge in [0.1, 0.15) is 0 Å². The van der Waals surface area contributed by atoms with Crippen LogP contribution in [0.3, 0.4) is 0 Å². The highest BCUT2D eigenvalue weighted by atomic mass is 19.3. The molecule has 2 N–H and O–H groups in total. The molecule has 1 saturated heterocycles. The van der Waals surface area contributed by atoms with E-state index in [-0.39, 0.29) is 36.3 Å². The number of nitrogens with zero attached hydrogens (tertiary/aromatic N) is 1. The molecule has 0 bridgehead atoms. The summed E-state index contributed by atoms with van der Waals surface area (Å²) in [5.74, 6) is 0.139. The van der Waals surface area contributed by atoms with Crippen LogP contribution in [0.4, 0.5) is 13.6 Å². The first-order valence-corrected chi connectivity index (χ1v) is 8.88. The summed E-state index contributed by atoms with van der Waals surface area (Å²) in [6.07, 6.45) is 0.379. The zero-order valence-electron chi connectivity index (χ0n) is 15.8. The molecule has 0 saturated carbocycles. The lowest BCUT2D eigenvalue weighted by Gasteiger charge is -2.35. The van der Waals surface area contributed by atoms with Crippen LogP contribution in [0.25, 0.3) is 0 Å². The van der Waals surface area contributed by atoms with E-state index in [4.69, 9.17) is 9.47 Å². The number of nitrogens with one attached hydrogen (secondary N) is 2. The Labute approximate surface area is 157 Å². The van der Waals surface area contributed by atoms with Gasteiger partial charge in [-0.15, -0.1) is 0 Å². The van der Waals surface area contributed by atoms with Crippen LogP contribution >= 0.6 is 0 Å². The number of morpholine rings is 1. The molecule has 0 aromatic heterocycles. The molecule has 1 aromatic rings. The predicted octanol–water partition coefficient (Wildman–Crippen LogP) is 2.21. The number of carbonyl (C=O) groups excluding carboxylic acids is 1. The zero-order valence-corrected chi connectivity index (χ0v) is 15.8. The molecule has 2 unspecified atom stereocenters. The van der Waals surface area contributed by atoms with Crippen LogP contribution in [0.5, 0.6) is 11.5 Å². The Morgan fingerprint density at radius 3 is 2.59 bits per heavy atom. The minimum absolute atomic E-state index is 0.0466. The van der Waals surface area contributed by atoms with Gasteiger partial charge in [0.25, 0.3) is 0 Å². The van der Waals surface area contributed by atoms with Crippen molar-refractivity contribution in [1.82, 2.24) is 15.5 Å². The third-order valence-electron chi connectivity index (χ3n) is 4.11. The van der Waals surface area contributed by atoms with Crippen LogP contribution in [-0.2, 0) is 11.3 Å². The summed E-state index contributed by atoms with van der Waals surface area (Å²) in [5, 5.41) is 5.54. The first-order chi connectivity index (χ1) is 12.9. The van der Waals surface area contributed by atoms with E-state index in [1.165, 1.54) is 13.2 Å². The van der Waals surface area contributed by atoms with E-state index in [0.29, 0.717) is 12.1 Å². The average Bonchev–Trinajstić information content (AvgIpc) is 2.59. The molecule has 1 aromatic carbocycles. The van der Waals surface area contributed by atoms with Crippen molar-refractivity contribution < 1.29 is 27.8 Å². The highest BCUT2D eigenvalue weighted by Gasteiger charge is 2.21. The molecule has 0 aliphatic carbocycles. The minimum atomic E-state index is -2.92. The van der Waals surface area contributed by atoms with Gasteiger partial charge in [0, 0.05) is 32.7 Å². The Hall–Kier alpha value is -2.13. The van der Waals surface area contributed by atoms with Gasteiger partial charge < -0.3 is 24.8 Å². The third kappa shape index (κ3) is 7.18. The van der Waals surface area contributed by atoms with Gasteiger partial charge in [-0.05, 0) is 31.5 Å². The number of alkyl halides is 2. The van der Waals surface area contributed by atoms with Crippen molar-refractivity contribution in [1.29, 1.82) is 0 Å². The second-order valence-corrected chi connectivity index (χ2v) is 6.49. The molecule has 1 heterocycles. The molecular formula is C18H27F2N3O4. The van der Waals surface area contributed by atoms with Crippen LogP contribution in [-0.4, -0.2) is 63.0 Å². The highest BCUT2D eigenvalue weighted by molar-refractivity contribution is 5.73. The first kappa shape index (κ1) is 21.2. The van der Waals surface area contributed by atoms with E-state index >= 15 is 0 Å². The molecule has 7 nitrogen and oxygen atoms in total. The van der Waals surface area contributed by atoms with Gasteiger partial charge in [-0.1, -0.05) is 6.07 Å². The molecule has 1 fully saturated rings. The summed E-state index contributed by atoms with van der Waals surface area (Å²) in [6, 6.07) is 4.24. The van der Waals surface area contributed by atoms with Crippen molar-refractivity contribution in [3.8, 4) is 11.5 Å².